The van der Waals surface area contributed by atoms with Crippen molar-refractivity contribution in [1.82, 2.24) is 29.2 Å². The van der Waals surface area contributed by atoms with Crippen molar-refractivity contribution in [2.75, 3.05) is 19.6 Å². The zero-order chi connectivity index (χ0) is 22.5. The van der Waals surface area contributed by atoms with Crippen LogP contribution in [-0.2, 0) is 6.54 Å². The molecule has 0 spiro atoms. The van der Waals surface area contributed by atoms with Crippen LogP contribution in [0.3, 0.4) is 0 Å². The molecule has 0 unspecified atom stereocenters. The Bertz CT molecular complexity index is 1130. The van der Waals surface area contributed by atoms with E-state index in [1.54, 1.807) is 6.20 Å². The SMILES string of the molecule is CC[C@@H]1CN(C(=O)NCC(F)(F)F)C[C@@H]1c1cnc2cnc3c(ccn3CC3CCC3)n12. The number of carbonyl (C=O) groups is 1. The van der Waals surface area contributed by atoms with E-state index in [1.807, 2.05) is 18.4 Å². The number of nitrogens with one attached hydrogen (secondary N) is 1. The van der Waals surface area contributed by atoms with Crippen molar-refractivity contribution < 1.29 is 18.0 Å². The van der Waals surface area contributed by atoms with Gasteiger partial charge in [-0.1, -0.05) is 19.8 Å². The average molecular weight is 448 g/mol. The topological polar surface area (TPSA) is 67.5 Å². The number of aromatic nitrogens is 4. The summed E-state index contributed by atoms with van der Waals surface area (Å²) in [6, 6.07) is 1.39. The van der Waals surface area contributed by atoms with E-state index in [9.17, 15) is 18.0 Å². The number of likely N-dealkylation sites (tertiary alicyclic amines) is 1. The van der Waals surface area contributed by atoms with Crippen molar-refractivity contribution in [3.63, 3.8) is 0 Å². The summed E-state index contributed by atoms with van der Waals surface area (Å²) in [6.07, 6.45) is 5.86. The quantitative estimate of drug-likeness (QED) is 0.637. The molecule has 1 aliphatic carbocycles. The van der Waals surface area contributed by atoms with Crippen molar-refractivity contribution in [3.05, 3.63) is 30.4 Å². The molecule has 1 N–H and O–H groups in total. The van der Waals surface area contributed by atoms with E-state index in [-0.39, 0.29) is 11.8 Å². The van der Waals surface area contributed by atoms with Gasteiger partial charge in [-0.25, -0.2) is 14.8 Å². The normalized spacial score (nSPS) is 22.1. The zero-order valence-electron chi connectivity index (χ0n) is 18.0. The summed E-state index contributed by atoms with van der Waals surface area (Å²) in [4.78, 5) is 23.0. The summed E-state index contributed by atoms with van der Waals surface area (Å²) >= 11 is 0. The fourth-order valence-corrected chi connectivity index (χ4v) is 5.06. The number of urea groups is 1. The van der Waals surface area contributed by atoms with E-state index in [4.69, 9.17) is 0 Å². The van der Waals surface area contributed by atoms with Gasteiger partial charge < -0.3 is 14.8 Å². The van der Waals surface area contributed by atoms with Crippen LogP contribution in [0, 0.1) is 11.8 Å². The summed E-state index contributed by atoms with van der Waals surface area (Å²) in [5.74, 6) is 0.840. The summed E-state index contributed by atoms with van der Waals surface area (Å²) < 4.78 is 41.9. The van der Waals surface area contributed by atoms with E-state index < -0.39 is 18.8 Å². The second-order valence-electron chi connectivity index (χ2n) is 9.06. The zero-order valence-corrected chi connectivity index (χ0v) is 18.0. The number of rotatable bonds is 5. The molecule has 0 aromatic carbocycles. The van der Waals surface area contributed by atoms with Gasteiger partial charge in [0.25, 0.3) is 0 Å². The molecule has 2 fully saturated rings. The molecule has 4 heterocycles. The molecule has 0 radical (unpaired) electrons. The molecule has 2 amide bonds. The van der Waals surface area contributed by atoms with Crippen molar-refractivity contribution in [2.24, 2.45) is 11.8 Å². The molecule has 7 nitrogen and oxygen atoms in total. The molecule has 32 heavy (non-hydrogen) atoms. The Morgan fingerprint density at radius 2 is 2.03 bits per heavy atom. The Hall–Kier alpha value is -2.78. The summed E-state index contributed by atoms with van der Waals surface area (Å²) in [5.41, 5.74) is 3.61. The smallest absolute Gasteiger partial charge is 0.331 e. The molecule has 0 bridgehead atoms. The Balaban J connectivity index is 1.44. The highest BCUT2D eigenvalue weighted by molar-refractivity contribution is 5.76. The first-order chi connectivity index (χ1) is 15.3. The first-order valence-electron chi connectivity index (χ1n) is 11.2. The van der Waals surface area contributed by atoms with Crippen LogP contribution in [0.2, 0.25) is 0 Å². The highest BCUT2D eigenvalue weighted by Gasteiger charge is 2.38. The molecular weight excluding hydrogens is 421 g/mol. The minimum Gasteiger partial charge on any atom is -0.331 e. The molecule has 2 atom stereocenters. The van der Waals surface area contributed by atoms with Gasteiger partial charge in [0, 0.05) is 43.6 Å². The number of hydrogen-bond donors (Lipinski definition) is 1. The number of alkyl halides is 3. The molecule has 1 aliphatic heterocycles. The van der Waals surface area contributed by atoms with Gasteiger partial charge in [-0.05, 0) is 30.7 Å². The number of carbonyl (C=O) groups excluding carboxylic acids is 1. The van der Waals surface area contributed by atoms with Crippen LogP contribution in [-0.4, -0.2) is 55.7 Å². The van der Waals surface area contributed by atoms with Gasteiger partial charge in [-0.3, -0.25) is 4.40 Å². The van der Waals surface area contributed by atoms with E-state index in [0.717, 1.165) is 35.5 Å². The van der Waals surface area contributed by atoms with Gasteiger partial charge in [-0.2, -0.15) is 13.2 Å². The fraction of sp³-hybridized carbons (Fsp3) is 0.591. The highest BCUT2D eigenvalue weighted by atomic mass is 19.4. The molecule has 3 aromatic rings. The lowest BCUT2D eigenvalue weighted by molar-refractivity contribution is -0.123. The van der Waals surface area contributed by atoms with Crippen LogP contribution in [0.25, 0.3) is 16.8 Å². The van der Waals surface area contributed by atoms with E-state index in [2.05, 4.69) is 31.2 Å². The van der Waals surface area contributed by atoms with Gasteiger partial charge in [0.15, 0.2) is 11.3 Å². The lowest BCUT2D eigenvalue weighted by atomic mass is 9.85. The first-order valence-corrected chi connectivity index (χ1v) is 11.2. The van der Waals surface area contributed by atoms with Gasteiger partial charge in [0.2, 0.25) is 0 Å². The molecule has 10 heteroatoms. The highest BCUT2D eigenvalue weighted by Crippen LogP contribution is 2.36. The Labute approximate surface area is 183 Å². The number of amides is 2. The van der Waals surface area contributed by atoms with Gasteiger partial charge >= 0.3 is 12.2 Å². The average Bonchev–Trinajstić information content (AvgIpc) is 3.43. The predicted molar refractivity (Wildman–Crippen MR) is 113 cm³/mol. The predicted octanol–water partition coefficient (Wildman–Crippen LogP) is 4.18. The summed E-state index contributed by atoms with van der Waals surface area (Å²) in [7, 11) is 0. The third-order valence-electron chi connectivity index (χ3n) is 7.03. The van der Waals surface area contributed by atoms with Crippen LogP contribution in [0.15, 0.2) is 24.7 Å². The number of fused-ring (bicyclic) bond motifs is 3. The lowest BCUT2D eigenvalue weighted by Gasteiger charge is -2.25. The van der Waals surface area contributed by atoms with Crippen LogP contribution in [0.1, 0.15) is 44.2 Å². The molecule has 5 rings (SSSR count). The third kappa shape index (κ3) is 3.80. The standard InChI is InChI=1S/C22H27F3N6O/c1-2-15-11-30(21(32)28-13-22(23,24)25)12-16(15)18-8-26-19-9-27-20-17(31(18)19)6-7-29(20)10-14-4-3-5-14/h6-9,14-16H,2-5,10-13H2,1H3,(H,28,32)/t15-,16+/m1/s1. The molecule has 3 aromatic heterocycles. The minimum absolute atomic E-state index is 0.00720. The molecule has 172 valence electrons. The van der Waals surface area contributed by atoms with Crippen molar-refractivity contribution in [3.8, 4) is 0 Å². The minimum atomic E-state index is -4.42. The maximum atomic E-state index is 12.5. The van der Waals surface area contributed by atoms with Crippen molar-refractivity contribution in [2.45, 2.75) is 51.2 Å². The lowest BCUT2D eigenvalue weighted by Crippen LogP contribution is -2.42. The second-order valence-corrected chi connectivity index (χ2v) is 9.06. The van der Waals surface area contributed by atoms with Gasteiger partial charge in [-0.15, -0.1) is 0 Å². The Morgan fingerprint density at radius 1 is 1.22 bits per heavy atom. The van der Waals surface area contributed by atoms with Crippen LogP contribution in [0.5, 0.6) is 0 Å². The largest absolute Gasteiger partial charge is 0.405 e. The molecule has 1 saturated heterocycles. The third-order valence-corrected chi connectivity index (χ3v) is 7.03. The van der Waals surface area contributed by atoms with E-state index in [1.165, 1.54) is 24.2 Å². The first kappa shape index (κ1) is 21.1. The number of halogens is 3. The number of imidazole rings is 1. The Kier molecular flexibility index (Phi) is 5.25. The van der Waals surface area contributed by atoms with Crippen LogP contribution < -0.4 is 5.32 Å². The van der Waals surface area contributed by atoms with E-state index in [0.29, 0.717) is 19.0 Å². The van der Waals surface area contributed by atoms with E-state index >= 15 is 0 Å². The molecular formula is C22H27F3N6O. The maximum absolute atomic E-state index is 12.5. The van der Waals surface area contributed by atoms with Crippen LogP contribution >= 0.6 is 0 Å². The number of nitrogens with zero attached hydrogens (tertiary/aromatic N) is 5. The number of hydrogen-bond acceptors (Lipinski definition) is 3. The van der Waals surface area contributed by atoms with Gasteiger partial charge in [0.1, 0.15) is 6.54 Å². The maximum Gasteiger partial charge on any atom is 0.405 e. The summed E-state index contributed by atoms with van der Waals surface area (Å²) in [6.45, 7) is 2.47. The monoisotopic (exact) mass is 448 g/mol. The Morgan fingerprint density at radius 3 is 2.72 bits per heavy atom. The summed E-state index contributed by atoms with van der Waals surface area (Å²) in [5, 5.41) is 2.00. The molecule has 2 aliphatic rings. The van der Waals surface area contributed by atoms with Crippen molar-refractivity contribution >= 4 is 22.8 Å². The second kappa shape index (κ2) is 7.97. The van der Waals surface area contributed by atoms with Crippen molar-refractivity contribution in [1.29, 1.82) is 0 Å². The van der Waals surface area contributed by atoms with Gasteiger partial charge in [0.05, 0.1) is 11.7 Å². The van der Waals surface area contributed by atoms with Crippen LogP contribution in [0.4, 0.5) is 18.0 Å². The molecule has 1 saturated carbocycles. The fourth-order valence-electron chi connectivity index (χ4n) is 5.06.